The summed E-state index contributed by atoms with van der Waals surface area (Å²) in [5, 5.41) is 9.17. The van der Waals surface area contributed by atoms with Crippen molar-refractivity contribution in [3.8, 4) is 23.3 Å². The van der Waals surface area contributed by atoms with Gasteiger partial charge in [-0.05, 0) is 68.0 Å². The molecule has 1 atom stereocenters. The van der Waals surface area contributed by atoms with Crippen LogP contribution < -0.4 is 14.2 Å². The van der Waals surface area contributed by atoms with Gasteiger partial charge in [-0.15, -0.1) is 0 Å². The van der Waals surface area contributed by atoms with Crippen molar-refractivity contribution in [2.75, 3.05) is 60.1 Å². The molecule has 0 saturated carbocycles. The van der Waals surface area contributed by atoms with Crippen LogP contribution in [0, 0.1) is 18.3 Å². The van der Waals surface area contributed by atoms with Crippen molar-refractivity contribution >= 4 is 0 Å². The lowest BCUT2D eigenvalue weighted by Crippen LogP contribution is -2.47. The molecule has 0 aliphatic carbocycles. The fraction of sp³-hybridized carbons (Fsp3) is 0.536. The monoisotopic (exact) mass is 465 g/mol. The summed E-state index contributed by atoms with van der Waals surface area (Å²) in [6.45, 7) is 11.3. The van der Waals surface area contributed by atoms with E-state index in [0.717, 1.165) is 62.6 Å². The van der Waals surface area contributed by atoms with Crippen molar-refractivity contribution in [2.24, 2.45) is 0 Å². The van der Waals surface area contributed by atoms with Gasteiger partial charge in [-0.2, -0.15) is 5.26 Å². The molecule has 0 N–H and O–H groups in total. The molecule has 1 unspecified atom stereocenters. The van der Waals surface area contributed by atoms with E-state index in [-0.39, 0.29) is 0 Å². The van der Waals surface area contributed by atoms with Crippen LogP contribution in [-0.2, 0) is 0 Å². The van der Waals surface area contributed by atoms with Gasteiger partial charge in [0.25, 0.3) is 0 Å². The van der Waals surface area contributed by atoms with Crippen LogP contribution in [-0.4, -0.2) is 69.9 Å². The fourth-order valence-corrected chi connectivity index (χ4v) is 4.73. The first-order valence-corrected chi connectivity index (χ1v) is 12.4. The smallest absolute Gasteiger partial charge is 0.203 e. The zero-order valence-corrected chi connectivity index (χ0v) is 21.2. The number of nitrogens with zero attached hydrogens (tertiary/aromatic N) is 3. The Morgan fingerprint density at radius 1 is 0.971 bits per heavy atom. The number of rotatable bonds is 12. The van der Waals surface area contributed by atoms with Gasteiger partial charge in [0.05, 0.1) is 25.9 Å². The van der Waals surface area contributed by atoms with Gasteiger partial charge >= 0.3 is 0 Å². The lowest BCUT2D eigenvalue weighted by molar-refractivity contribution is 0.114. The molecule has 0 aromatic heterocycles. The number of nitriles is 1. The van der Waals surface area contributed by atoms with E-state index >= 15 is 0 Å². The molecule has 0 bridgehead atoms. The molecule has 6 heteroatoms. The Balaban J connectivity index is 1.37. The maximum Gasteiger partial charge on any atom is 0.203 e. The highest BCUT2D eigenvalue weighted by molar-refractivity contribution is 5.51. The molecule has 1 aliphatic heterocycles. The third kappa shape index (κ3) is 6.88. The number of benzene rings is 2. The second-order valence-corrected chi connectivity index (χ2v) is 8.96. The summed E-state index contributed by atoms with van der Waals surface area (Å²) >= 11 is 0. The van der Waals surface area contributed by atoms with Gasteiger partial charge in [0, 0.05) is 32.7 Å². The summed E-state index contributed by atoms with van der Waals surface area (Å²) in [7, 11) is 3.27. The van der Waals surface area contributed by atoms with Crippen LogP contribution in [0.15, 0.2) is 36.4 Å². The maximum absolute atomic E-state index is 9.17. The molecule has 34 heavy (non-hydrogen) atoms. The van der Waals surface area contributed by atoms with Gasteiger partial charge in [0.15, 0.2) is 11.5 Å². The summed E-state index contributed by atoms with van der Waals surface area (Å²) < 4.78 is 16.8. The van der Waals surface area contributed by atoms with Crippen LogP contribution >= 0.6 is 0 Å². The Morgan fingerprint density at radius 2 is 1.68 bits per heavy atom. The molecule has 3 rings (SSSR count). The number of methoxy groups -OCH3 is 2. The molecule has 2 aromatic carbocycles. The van der Waals surface area contributed by atoms with E-state index in [1.807, 2.05) is 31.2 Å². The molecule has 0 spiro atoms. The molecule has 1 aliphatic rings. The van der Waals surface area contributed by atoms with Gasteiger partial charge in [0.1, 0.15) is 6.61 Å². The van der Waals surface area contributed by atoms with Crippen LogP contribution in [0.3, 0.4) is 0 Å². The molecule has 6 nitrogen and oxygen atoms in total. The Hall–Kier alpha value is -2.75. The van der Waals surface area contributed by atoms with Crippen LogP contribution in [0.25, 0.3) is 0 Å². The summed E-state index contributed by atoms with van der Waals surface area (Å²) in [4.78, 5) is 5.05. The van der Waals surface area contributed by atoms with E-state index in [1.54, 1.807) is 14.2 Å². The topological polar surface area (TPSA) is 58.0 Å². The first-order chi connectivity index (χ1) is 16.6. The van der Waals surface area contributed by atoms with E-state index in [1.165, 1.54) is 18.4 Å². The van der Waals surface area contributed by atoms with Gasteiger partial charge < -0.3 is 19.1 Å². The normalized spacial score (nSPS) is 15.5. The molecular weight excluding hydrogens is 426 g/mol. The largest absolute Gasteiger partial charge is 0.493 e. The minimum absolute atomic E-state index is 0.568. The van der Waals surface area contributed by atoms with E-state index in [4.69, 9.17) is 14.2 Å². The molecule has 2 aromatic rings. The van der Waals surface area contributed by atoms with E-state index in [2.05, 4.69) is 34.9 Å². The Labute approximate surface area is 205 Å². The standard InChI is InChI=1S/C28H39N3O3/c1-5-23(24-11-12-25(21-29)22(2)20-24)8-7-13-30-14-16-31(17-15-30)18-19-34-27-10-6-9-26(32-3)28(27)33-4/h6,9-12,20,23H,5,7-8,13-19H2,1-4H3. The van der Waals surface area contributed by atoms with Crippen molar-refractivity contribution in [3.63, 3.8) is 0 Å². The first-order valence-electron chi connectivity index (χ1n) is 12.4. The fourth-order valence-electron chi connectivity index (χ4n) is 4.73. The molecule has 184 valence electrons. The molecular formula is C28H39N3O3. The third-order valence-electron chi connectivity index (χ3n) is 6.86. The summed E-state index contributed by atoms with van der Waals surface area (Å²) in [5.74, 6) is 2.63. The van der Waals surface area contributed by atoms with Crippen molar-refractivity contribution in [1.29, 1.82) is 5.26 Å². The second kappa shape index (κ2) is 13.2. The summed E-state index contributed by atoms with van der Waals surface area (Å²) in [5.41, 5.74) is 3.24. The van der Waals surface area contributed by atoms with E-state index in [9.17, 15) is 5.26 Å². The molecule has 1 fully saturated rings. The number of hydrogen-bond donors (Lipinski definition) is 0. The highest BCUT2D eigenvalue weighted by Crippen LogP contribution is 2.36. The Kier molecular flexibility index (Phi) is 10.1. The van der Waals surface area contributed by atoms with Crippen LogP contribution in [0.4, 0.5) is 0 Å². The number of aryl methyl sites for hydroxylation is 1. The highest BCUT2D eigenvalue weighted by Gasteiger charge is 2.18. The summed E-state index contributed by atoms with van der Waals surface area (Å²) in [6.07, 6.45) is 3.53. The Bertz CT molecular complexity index is 948. The van der Waals surface area contributed by atoms with Gasteiger partial charge in [0.2, 0.25) is 5.75 Å². The molecule has 0 radical (unpaired) electrons. The quantitative estimate of drug-likeness (QED) is 0.446. The average Bonchev–Trinajstić information content (AvgIpc) is 2.87. The molecule has 1 saturated heterocycles. The number of hydrogen-bond acceptors (Lipinski definition) is 6. The predicted octanol–water partition coefficient (Wildman–Crippen LogP) is 4.85. The number of para-hydroxylation sites is 1. The number of ether oxygens (including phenoxy) is 3. The zero-order chi connectivity index (χ0) is 24.3. The van der Waals surface area contributed by atoms with Crippen molar-refractivity contribution in [3.05, 3.63) is 53.1 Å². The predicted molar refractivity (Wildman–Crippen MR) is 136 cm³/mol. The van der Waals surface area contributed by atoms with Crippen LogP contribution in [0.5, 0.6) is 17.2 Å². The van der Waals surface area contributed by atoms with Gasteiger partial charge in [-0.1, -0.05) is 25.1 Å². The van der Waals surface area contributed by atoms with Gasteiger partial charge in [-0.25, -0.2) is 0 Å². The second-order valence-electron chi connectivity index (χ2n) is 8.96. The van der Waals surface area contributed by atoms with Crippen molar-refractivity contribution in [2.45, 2.75) is 39.0 Å². The number of piperazine rings is 1. The van der Waals surface area contributed by atoms with Crippen LogP contribution in [0.2, 0.25) is 0 Å². The minimum atomic E-state index is 0.568. The highest BCUT2D eigenvalue weighted by atomic mass is 16.5. The first kappa shape index (κ1) is 25.9. The molecule has 0 amide bonds. The third-order valence-corrected chi connectivity index (χ3v) is 6.86. The lowest BCUT2D eigenvalue weighted by atomic mass is 9.90. The molecule has 1 heterocycles. The SMILES string of the molecule is CCC(CCCN1CCN(CCOc2cccc(OC)c2OC)CC1)c1ccc(C#N)c(C)c1. The van der Waals surface area contributed by atoms with Gasteiger partial charge in [-0.3, -0.25) is 4.90 Å². The Morgan fingerprint density at radius 3 is 2.29 bits per heavy atom. The summed E-state index contributed by atoms with van der Waals surface area (Å²) in [6, 6.07) is 14.3. The van der Waals surface area contributed by atoms with E-state index < -0.39 is 0 Å². The van der Waals surface area contributed by atoms with Crippen molar-refractivity contribution in [1.82, 2.24) is 9.80 Å². The minimum Gasteiger partial charge on any atom is -0.493 e. The van der Waals surface area contributed by atoms with Crippen LogP contribution in [0.1, 0.15) is 48.8 Å². The lowest BCUT2D eigenvalue weighted by Gasteiger charge is -2.34. The van der Waals surface area contributed by atoms with E-state index in [0.29, 0.717) is 24.0 Å². The average molecular weight is 466 g/mol. The maximum atomic E-state index is 9.17. The zero-order valence-electron chi connectivity index (χ0n) is 21.2. The van der Waals surface area contributed by atoms with Crippen molar-refractivity contribution < 1.29 is 14.2 Å².